The lowest BCUT2D eigenvalue weighted by atomic mass is 9.91. The van der Waals surface area contributed by atoms with Crippen LogP contribution in [0.2, 0.25) is 10.0 Å². The zero-order valence-electron chi connectivity index (χ0n) is 24.0. The van der Waals surface area contributed by atoms with E-state index in [4.69, 9.17) is 27.9 Å². The van der Waals surface area contributed by atoms with Crippen LogP contribution in [0.15, 0.2) is 66.9 Å². The number of carbonyl (C=O) groups is 2. The van der Waals surface area contributed by atoms with Crippen LogP contribution >= 0.6 is 23.2 Å². The molecule has 220 valence electrons. The van der Waals surface area contributed by atoms with Gasteiger partial charge >= 0.3 is 0 Å². The Labute approximate surface area is 252 Å². The second-order valence-corrected chi connectivity index (χ2v) is 11.2. The van der Waals surface area contributed by atoms with Gasteiger partial charge in [0.2, 0.25) is 5.91 Å². The first-order valence-corrected chi connectivity index (χ1v) is 14.1. The molecule has 0 radical (unpaired) electrons. The summed E-state index contributed by atoms with van der Waals surface area (Å²) >= 11 is 11.5. The first kappa shape index (κ1) is 32.7. The summed E-state index contributed by atoms with van der Waals surface area (Å²) in [5.74, 6) is 0.0714. The van der Waals surface area contributed by atoms with Crippen LogP contribution in [0.5, 0.6) is 0 Å². The molecule has 1 aromatic heterocycles. The number of nitrogens with zero attached hydrogens (tertiary/aromatic N) is 4. The van der Waals surface area contributed by atoms with E-state index in [9.17, 15) is 14.7 Å². The average Bonchev–Trinajstić information content (AvgIpc) is 2.95. The van der Waals surface area contributed by atoms with Crippen LogP contribution in [0.25, 0.3) is 0 Å². The number of methoxy groups -OCH3 is 1. The molecule has 4 rings (SSSR count). The van der Waals surface area contributed by atoms with E-state index >= 15 is 0 Å². The van der Waals surface area contributed by atoms with Crippen LogP contribution in [0.4, 0.5) is 0 Å². The number of aldehydes is 1. The molecular formula is C31H38Cl2N4O4. The summed E-state index contributed by atoms with van der Waals surface area (Å²) in [4.78, 5) is 33.8. The zero-order chi connectivity index (χ0) is 30.0. The Bertz CT molecular complexity index is 1270. The van der Waals surface area contributed by atoms with Gasteiger partial charge in [-0.05, 0) is 49.9 Å². The number of amides is 1. The third-order valence-electron chi connectivity index (χ3n) is 7.01. The average molecular weight is 602 g/mol. The number of aromatic nitrogens is 1. The summed E-state index contributed by atoms with van der Waals surface area (Å²) in [7, 11) is 3.49. The van der Waals surface area contributed by atoms with E-state index in [-0.39, 0.29) is 5.91 Å². The van der Waals surface area contributed by atoms with Crippen LogP contribution < -0.4 is 0 Å². The number of carbonyl (C=O) groups excluding carboxylic acids is 2. The fourth-order valence-corrected chi connectivity index (χ4v) is 5.04. The molecule has 2 atom stereocenters. The predicted octanol–water partition coefficient (Wildman–Crippen LogP) is 5.04. The number of aliphatic hydroxyl groups is 1. The van der Waals surface area contributed by atoms with Crippen LogP contribution in [0, 0.1) is 0 Å². The standard InChI is InChI=1S/C25H33ClN4O4.C6H5Cl/c1-18(32)30-11-9-29(10-12-30)17-25(2,33)20-5-8-23(19(13-20)16-31)24(34-4)28(3)15-22-7-6-21(26)14-27-22;7-6-4-2-1-3-5-6/h5-8,13-14,16,24,33H,9-12,15,17H2,1-4H3;1-5H/t24-,25?;/m1./s1. The van der Waals surface area contributed by atoms with Gasteiger partial charge in [-0.3, -0.25) is 24.4 Å². The third kappa shape index (κ3) is 9.60. The third-order valence-corrected chi connectivity index (χ3v) is 7.48. The van der Waals surface area contributed by atoms with Gasteiger partial charge in [0, 0.05) is 75.6 Å². The summed E-state index contributed by atoms with van der Waals surface area (Å²) < 4.78 is 5.72. The van der Waals surface area contributed by atoms with Gasteiger partial charge in [-0.25, -0.2) is 0 Å². The lowest BCUT2D eigenvalue weighted by molar-refractivity contribution is -0.131. The lowest BCUT2D eigenvalue weighted by Crippen LogP contribution is -2.51. The molecule has 1 aliphatic rings. The molecule has 0 bridgehead atoms. The number of ether oxygens (including phenoxy) is 1. The molecule has 10 heteroatoms. The van der Waals surface area contributed by atoms with Crippen molar-refractivity contribution in [1.82, 2.24) is 19.7 Å². The van der Waals surface area contributed by atoms with Gasteiger partial charge in [0.1, 0.15) is 12.5 Å². The molecule has 2 heterocycles. The van der Waals surface area contributed by atoms with Gasteiger partial charge in [0.25, 0.3) is 0 Å². The molecule has 1 saturated heterocycles. The zero-order valence-corrected chi connectivity index (χ0v) is 25.5. The number of piperazine rings is 1. The lowest BCUT2D eigenvalue weighted by Gasteiger charge is -2.38. The second-order valence-electron chi connectivity index (χ2n) is 10.3. The molecule has 1 amide bonds. The first-order chi connectivity index (χ1) is 19.5. The summed E-state index contributed by atoms with van der Waals surface area (Å²) in [5.41, 5.74) is 1.50. The van der Waals surface area contributed by atoms with Crippen LogP contribution in [-0.2, 0) is 21.7 Å². The summed E-state index contributed by atoms with van der Waals surface area (Å²) in [5, 5.41) is 12.6. The van der Waals surface area contributed by atoms with Crippen molar-refractivity contribution < 1.29 is 19.4 Å². The Morgan fingerprint density at radius 3 is 2.29 bits per heavy atom. The van der Waals surface area contributed by atoms with E-state index in [1.807, 2.05) is 65.4 Å². The quantitative estimate of drug-likeness (QED) is 0.272. The van der Waals surface area contributed by atoms with Gasteiger partial charge in [-0.15, -0.1) is 0 Å². The Balaban J connectivity index is 0.000000575. The Hall–Kier alpha value is -2.85. The van der Waals surface area contributed by atoms with Crippen LogP contribution in [0.1, 0.15) is 47.3 Å². The van der Waals surface area contributed by atoms with Gasteiger partial charge < -0.3 is 14.7 Å². The SMILES string of the molecule is CO[C@H](c1ccc(C(C)(O)CN2CCN(C(C)=O)CC2)cc1C=O)N(C)Cc1ccc(Cl)cn1.Clc1ccccc1. The van der Waals surface area contributed by atoms with Gasteiger partial charge in [-0.2, -0.15) is 0 Å². The molecule has 1 fully saturated rings. The minimum atomic E-state index is -1.16. The molecule has 1 N–H and O–H groups in total. The predicted molar refractivity (Wildman–Crippen MR) is 162 cm³/mol. The number of rotatable bonds is 9. The topological polar surface area (TPSA) is 86.2 Å². The summed E-state index contributed by atoms with van der Waals surface area (Å²) in [6.45, 7) is 6.92. The summed E-state index contributed by atoms with van der Waals surface area (Å²) in [6.07, 6.45) is 1.91. The van der Waals surface area contributed by atoms with Crippen LogP contribution in [0.3, 0.4) is 0 Å². The van der Waals surface area contributed by atoms with Crippen molar-refractivity contribution in [3.8, 4) is 0 Å². The van der Waals surface area contributed by atoms with Crippen molar-refractivity contribution in [1.29, 1.82) is 0 Å². The maximum atomic E-state index is 12.0. The number of pyridine rings is 1. The van der Waals surface area contributed by atoms with E-state index in [1.165, 1.54) is 0 Å². The first-order valence-electron chi connectivity index (χ1n) is 13.4. The smallest absolute Gasteiger partial charge is 0.219 e. The molecule has 1 aliphatic heterocycles. The van der Waals surface area contributed by atoms with Crippen molar-refractivity contribution in [3.63, 3.8) is 0 Å². The minimum absolute atomic E-state index is 0.0714. The fourth-order valence-electron chi connectivity index (χ4n) is 4.78. The highest BCUT2D eigenvalue weighted by Gasteiger charge is 2.30. The van der Waals surface area contributed by atoms with E-state index in [2.05, 4.69) is 9.88 Å². The molecule has 0 saturated carbocycles. The normalized spacial score (nSPS) is 16.0. The van der Waals surface area contributed by atoms with Crippen molar-refractivity contribution in [2.75, 3.05) is 46.9 Å². The van der Waals surface area contributed by atoms with Crippen LogP contribution in [-0.4, -0.2) is 83.9 Å². The maximum Gasteiger partial charge on any atom is 0.219 e. The molecule has 3 aromatic rings. The molecule has 1 unspecified atom stereocenters. The maximum absolute atomic E-state index is 12.0. The molecule has 0 spiro atoms. The Morgan fingerprint density at radius 2 is 1.78 bits per heavy atom. The van der Waals surface area contributed by atoms with Gasteiger partial charge in [0.05, 0.1) is 16.3 Å². The van der Waals surface area contributed by atoms with E-state index in [0.29, 0.717) is 61.0 Å². The molecule has 2 aromatic carbocycles. The molecular weight excluding hydrogens is 563 g/mol. The van der Waals surface area contributed by atoms with Crippen molar-refractivity contribution >= 4 is 35.4 Å². The highest BCUT2D eigenvalue weighted by Crippen LogP contribution is 2.30. The van der Waals surface area contributed by atoms with Crippen molar-refractivity contribution in [2.45, 2.75) is 32.2 Å². The monoisotopic (exact) mass is 600 g/mol. The van der Waals surface area contributed by atoms with Crippen molar-refractivity contribution in [3.05, 3.63) is 99.3 Å². The number of halogens is 2. The van der Waals surface area contributed by atoms with E-state index in [1.54, 1.807) is 39.3 Å². The minimum Gasteiger partial charge on any atom is -0.384 e. The number of β-amino-alcohol motifs (C(OH)–C–C–N with tert-alkyl or cyclic N) is 1. The molecule has 8 nitrogen and oxygen atoms in total. The Morgan fingerprint density at radius 1 is 1.10 bits per heavy atom. The van der Waals surface area contributed by atoms with E-state index in [0.717, 1.165) is 17.0 Å². The Kier molecular flexibility index (Phi) is 12.3. The number of benzene rings is 2. The van der Waals surface area contributed by atoms with Gasteiger partial charge in [-0.1, -0.05) is 53.5 Å². The second kappa shape index (κ2) is 15.4. The van der Waals surface area contributed by atoms with E-state index < -0.39 is 11.8 Å². The molecule has 0 aliphatic carbocycles. The highest BCUT2D eigenvalue weighted by molar-refractivity contribution is 6.30. The van der Waals surface area contributed by atoms with Gasteiger partial charge in [0.15, 0.2) is 0 Å². The largest absolute Gasteiger partial charge is 0.384 e. The fraction of sp³-hybridized carbons (Fsp3) is 0.387. The van der Waals surface area contributed by atoms with Crippen molar-refractivity contribution in [2.24, 2.45) is 0 Å². The summed E-state index contributed by atoms with van der Waals surface area (Å²) in [6, 6.07) is 18.5. The highest BCUT2D eigenvalue weighted by atomic mass is 35.5. The number of hydrogen-bond donors (Lipinski definition) is 1. The number of hydrogen-bond acceptors (Lipinski definition) is 7. The molecule has 41 heavy (non-hydrogen) atoms.